The lowest BCUT2D eigenvalue weighted by atomic mass is 10.2. The Hall–Kier alpha value is -1.29. The standard InChI is InChI=1S/C12H19N3O/c1-2-7-15-9-11(3-4-12(15)16)14-10-5-6-13-8-10/h3-4,9-10,13-14H,2,5-8H2,1H3. The van der Waals surface area contributed by atoms with Gasteiger partial charge in [-0.1, -0.05) is 6.92 Å². The molecule has 2 heterocycles. The molecule has 1 fully saturated rings. The average molecular weight is 221 g/mol. The van der Waals surface area contributed by atoms with Crippen molar-refractivity contribution in [1.29, 1.82) is 0 Å². The zero-order valence-electron chi connectivity index (χ0n) is 9.70. The van der Waals surface area contributed by atoms with Gasteiger partial charge in [-0.3, -0.25) is 4.79 Å². The highest BCUT2D eigenvalue weighted by molar-refractivity contribution is 5.41. The summed E-state index contributed by atoms with van der Waals surface area (Å²) < 4.78 is 1.77. The largest absolute Gasteiger partial charge is 0.380 e. The lowest BCUT2D eigenvalue weighted by Crippen LogP contribution is -2.24. The molecule has 0 amide bonds. The highest BCUT2D eigenvalue weighted by Gasteiger charge is 2.13. The van der Waals surface area contributed by atoms with E-state index in [9.17, 15) is 4.79 Å². The maximum Gasteiger partial charge on any atom is 0.250 e. The molecule has 2 N–H and O–H groups in total. The molecule has 0 saturated carbocycles. The van der Waals surface area contributed by atoms with E-state index >= 15 is 0 Å². The molecule has 0 bridgehead atoms. The van der Waals surface area contributed by atoms with E-state index in [0.29, 0.717) is 6.04 Å². The Labute approximate surface area is 95.7 Å². The number of hydrogen-bond acceptors (Lipinski definition) is 3. The number of pyridine rings is 1. The van der Waals surface area contributed by atoms with E-state index < -0.39 is 0 Å². The van der Waals surface area contributed by atoms with Crippen LogP contribution in [0.4, 0.5) is 5.69 Å². The van der Waals surface area contributed by atoms with Crippen molar-refractivity contribution in [2.45, 2.75) is 32.4 Å². The van der Waals surface area contributed by atoms with Crippen LogP contribution in [0.3, 0.4) is 0 Å². The maximum absolute atomic E-state index is 11.5. The molecule has 1 aliphatic heterocycles. The van der Waals surface area contributed by atoms with Crippen LogP contribution in [0.15, 0.2) is 23.1 Å². The molecular formula is C12H19N3O. The Bertz CT molecular complexity index is 393. The average Bonchev–Trinajstić information content (AvgIpc) is 2.76. The SMILES string of the molecule is CCCn1cc(NC2CCNC2)ccc1=O. The van der Waals surface area contributed by atoms with Gasteiger partial charge in [-0.2, -0.15) is 0 Å². The van der Waals surface area contributed by atoms with Crippen molar-refractivity contribution in [2.75, 3.05) is 18.4 Å². The third kappa shape index (κ3) is 2.64. The Balaban J connectivity index is 2.08. The van der Waals surface area contributed by atoms with E-state index in [1.165, 1.54) is 0 Å². The Morgan fingerprint density at radius 1 is 1.56 bits per heavy atom. The molecule has 0 aliphatic carbocycles. The summed E-state index contributed by atoms with van der Waals surface area (Å²) in [7, 11) is 0. The van der Waals surface area contributed by atoms with Crippen molar-refractivity contribution in [3.63, 3.8) is 0 Å². The van der Waals surface area contributed by atoms with E-state index in [1.54, 1.807) is 10.6 Å². The number of nitrogens with zero attached hydrogens (tertiary/aromatic N) is 1. The molecule has 16 heavy (non-hydrogen) atoms. The summed E-state index contributed by atoms with van der Waals surface area (Å²) in [6.07, 6.45) is 4.05. The van der Waals surface area contributed by atoms with E-state index in [-0.39, 0.29) is 5.56 Å². The molecule has 0 aromatic carbocycles. The first-order valence-corrected chi connectivity index (χ1v) is 5.97. The molecule has 1 unspecified atom stereocenters. The minimum absolute atomic E-state index is 0.0805. The molecule has 4 heteroatoms. The molecule has 1 aromatic rings. The highest BCUT2D eigenvalue weighted by Crippen LogP contribution is 2.09. The van der Waals surface area contributed by atoms with Gasteiger partial charge in [-0.25, -0.2) is 0 Å². The van der Waals surface area contributed by atoms with E-state index in [0.717, 1.165) is 38.2 Å². The summed E-state index contributed by atoms with van der Waals surface area (Å²) in [5.41, 5.74) is 1.12. The fourth-order valence-corrected chi connectivity index (χ4v) is 2.05. The molecule has 0 spiro atoms. The number of nitrogens with one attached hydrogen (secondary N) is 2. The second-order valence-corrected chi connectivity index (χ2v) is 4.28. The smallest absolute Gasteiger partial charge is 0.250 e. The first-order chi connectivity index (χ1) is 7.79. The minimum Gasteiger partial charge on any atom is -0.380 e. The van der Waals surface area contributed by atoms with E-state index in [4.69, 9.17) is 0 Å². The van der Waals surface area contributed by atoms with Crippen molar-refractivity contribution in [1.82, 2.24) is 9.88 Å². The molecule has 1 saturated heterocycles. The molecule has 1 atom stereocenters. The van der Waals surface area contributed by atoms with Gasteiger partial charge in [0.25, 0.3) is 5.56 Å². The predicted octanol–water partition coefficient (Wildman–Crippen LogP) is 1.03. The van der Waals surface area contributed by atoms with Crippen LogP contribution in [-0.4, -0.2) is 23.7 Å². The third-order valence-electron chi connectivity index (χ3n) is 2.88. The van der Waals surface area contributed by atoms with Crippen molar-refractivity contribution in [2.24, 2.45) is 0 Å². The van der Waals surface area contributed by atoms with Crippen molar-refractivity contribution >= 4 is 5.69 Å². The topological polar surface area (TPSA) is 46.1 Å². The van der Waals surface area contributed by atoms with Gasteiger partial charge in [-0.05, 0) is 25.5 Å². The van der Waals surface area contributed by atoms with Crippen LogP contribution in [0.25, 0.3) is 0 Å². The molecule has 1 aliphatic rings. The number of aryl methyl sites for hydroxylation is 1. The van der Waals surface area contributed by atoms with Crippen LogP contribution >= 0.6 is 0 Å². The maximum atomic E-state index is 11.5. The summed E-state index contributed by atoms with van der Waals surface area (Å²) in [5, 5.41) is 6.76. The van der Waals surface area contributed by atoms with Crippen LogP contribution < -0.4 is 16.2 Å². The van der Waals surface area contributed by atoms with Crippen LogP contribution in [0, 0.1) is 0 Å². The number of aromatic nitrogens is 1. The van der Waals surface area contributed by atoms with Gasteiger partial charge < -0.3 is 15.2 Å². The first-order valence-electron chi connectivity index (χ1n) is 5.97. The van der Waals surface area contributed by atoms with Gasteiger partial charge >= 0.3 is 0 Å². The molecule has 0 radical (unpaired) electrons. The third-order valence-corrected chi connectivity index (χ3v) is 2.88. The monoisotopic (exact) mass is 221 g/mol. The van der Waals surface area contributed by atoms with Gasteiger partial charge in [-0.15, -0.1) is 0 Å². The molecule has 88 valence electrons. The van der Waals surface area contributed by atoms with Crippen molar-refractivity contribution in [3.8, 4) is 0 Å². The first kappa shape index (κ1) is 11.2. The van der Waals surface area contributed by atoms with Gasteiger partial charge in [0.05, 0.1) is 5.69 Å². The van der Waals surface area contributed by atoms with Crippen molar-refractivity contribution < 1.29 is 0 Å². The van der Waals surface area contributed by atoms with Crippen LogP contribution in [0.1, 0.15) is 19.8 Å². The Morgan fingerprint density at radius 3 is 3.12 bits per heavy atom. The van der Waals surface area contributed by atoms with Crippen LogP contribution in [0.5, 0.6) is 0 Å². The normalized spacial score (nSPS) is 19.9. The second-order valence-electron chi connectivity index (χ2n) is 4.28. The molecular weight excluding hydrogens is 202 g/mol. The second kappa shape index (κ2) is 5.16. The molecule has 2 rings (SSSR count). The van der Waals surface area contributed by atoms with Crippen molar-refractivity contribution in [3.05, 3.63) is 28.7 Å². The summed E-state index contributed by atoms with van der Waals surface area (Å²) in [6, 6.07) is 4.00. The highest BCUT2D eigenvalue weighted by atomic mass is 16.1. The lowest BCUT2D eigenvalue weighted by molar-refractivity contribution is 0.653. The summed E-state index contributed by atoms with van der Waals surface area (Å²) in [5.74, 6) is 0. The number of anilines is 1. The van der Waals surface area contributed by atoms with E-state index in [2.05, 4.69) is 17.6 Å². The number of hydrogen-bond donors (Lipinski definition) is 2. The Kier molecular flexibility index (Phi) is 3.62. The fourth-order valence-electron chi connectivity index (χ4n) is 2.05. The van der Waals surface area contributed by atoms with Gasteiger partial charge in [0.15, 0.2) is 0 Å². The quantitative estimate of drug-likeness (QED) is 0.798. The summed E-state index contributed by atoms with van der Waals surface area (Å²) in [4.78, 5) is 11.5. The van der Waals surface area contributed by atoms with Crippen LogP contribution in [-0.2, 0) is 6.54 Å². The predicted molar refractivity (Wildman–Crippen MR) is 65.9 cm³/mol. The van der Waals surface area contributed by atoms with Gasteiger partial charge in [0.2, 0.25) is 0 Å². The fraction of sp³-hybridized carbons (Fsp3) is 0.583. The Morgan fingerprint density at radius 2 is 2.44 bits per heavy atom. The summed E-state index contributed by atoms with van der Waals surface area (Å²) >= 11 is 0. The van der Waals surface area contributed by atoms with Crippen LogP contribution in [0.2, 0.25) is 0 Å². The minimum atomic E-state index is 0.0805. The van der Waals surface area contributed by atoms with E-state index in [1.807, 2.05) is 12.3 Å². The molecule has 1 aromatic heterocycles. The zero-order valence-corrected chi connectivity index (χ0v) is 9.70. The number of rotatable bonds is 4. The zero-order chi connectivity index (χ0) is 11.4. The summed E-state index contributed by atoms with van der Waals surface area (Å²) in [6.45, 7) is 4.95. The lowest BCUT2D eigenvalue weighted by Gasteiger charge is -2.14. The van der Waals surface area contributed by atoms with Gasteiger partial charge in [0, 0.05) is 31.4 Å². The van der Waals surface area contributed by atoms with Gasteiger partial charge in [0.1, 0.15) is 0 Å². The molecule has 4 nitrogen and oxygen atoms in total.